The molecule has 3 N–H and O–H groups in total. The summed E-state index contributed by atoms with van der Waals surface area (Å²) in [6.45, 7) is 6.48. The van der Waals surface area contributed by atoms with Crippen molar-refractivity contribution in [3.8, 4) is 5.75 Å². The van der Waals surface area contributed by atoms with E-state index in [0.717, 1.165) is 27.2 Å². The maximum atomic E-state index is 13.1. The predicted molar refractivity (Wildman–Crippen MR) is 132 cm³/mol. The zero-order valence-electron chi connectivity index (χ0n) is 20.4. The van der Waals surface area contributed by atoms with E-state index in [0.29, 0.717) is 35.4 Å². The third-order valence-electron chi connectivity index (χ3n) is 6.42. The van der Waals surface area contributed by atoms with Crippen LogP contribution in [0.15, 0.2) is 54.6 Å². The minimum Gasteiger partial charge on any atom is -0.489 e. The minimum atomic E-state index is -1.32. The van der Waals surface area contributed by atoms with Gasteiger partial charge in [-0.2, -0.15) is 0 Å². The van der Waals surface area contributed by atoms with Crippen molar-refractivity contribution in [1.29, 1.82) is 0 Å². The lowest BCUT2D eigenvalue weighted by Crippen LogP contribution is -2.51. The number of hydrazine groups is 1. The molecule has 3 aromatic rings. The summed E-state index contributed by atoms with van der Waals surface area (Å²) in [6.07, 6.45) is 1.07. The van der Waals surface area contributed by atoms with E-state index in [1.807, 2.05) is 51.1 Å². The van der Waals surface area contributed by atoms with Crippen LogP contribution in [0.3, 0.4) is 0 Å². The molecule has 1 aliphatic rings. The number of nitrogens with two attached hydrogens (primary N) is 1. The second-order valence-electron chi connectivity index (χ2n) is 9.52. The first-order valence-electron chi connectivity index (χ1n) is 11.9. The number of amides is 2. The highest BCUT2D eigenvalue weighted by molar-refractivity contribution is 5.91. The van der Waals surface area contributed by atoms with E-state index < -0.39 is 17.4 Å². The Morgan fingerprint density at radius 1 is 1.23 bits per heavy atom. The summed E-state index contributed by atoms with van der Waals surface area (Å²) in [7, 11) is 0. The third-order valence-corrected chi connectivity index (χ3v) is 6.42. The average molecular weight is 477 g/mol. The van der Waals surface area contributed by atoms with Gasteiger partial charge in [-0.05, 0) is 55.5 Å². The number of hydrogen-bond donors (Lipinski definition) is 2. The molecule has 1 saturated heterocycles. The number of hydrogen-bond acceptors (Lipinski definition) is 6. The van der Waals surface area contributed by atoms with Crippen molar-refractivity contribution in [2.45, 2.75) is 52.2 Å². The quantitative estimate of drug-likeness (QED) is 0.375. The van der Waals surface area contributed by atoms with Gasteiger partial charge < -0.3 is 10.5 Å². The highest BCUT2D eigenvalue weighted by Gasteiger charge is 2.48. The molecule has 4 rings (SSSR count). The van der Waals surface area contributed by atoms with E-state index in [9.17, 15) is 14.8 Å². The van der Waals surface area contributed by atoms with Crippen molar-refractivity contribution in [3.63, 3.8) is 0 Å². The van der Waals surface area contributed by atoms with Crippen LogP contribution in [0.25, 0.3) is 10.9 Å². The maximum absolute atomic E-state index is 13.1. The number of aromatic nitrogens is 1. The summed E-state index contributed by atoms with van der Waals surface area (Å²) in [5, 5.41) is 12.8. The van der Waals surface area contributed by atoms with Gasteiger partial charge in [0.05, 0.1) is 5.52 Å². The van der Waals surface area contributed by atoms with Crippen molar-refractivity contribution in [2.24, 2.45) is 11.7 Å². The number of nitrogens with zero attached hydrogens (tertiary/aromatic N) is 3. The fourth-order valence-electron chi connectivity index (χ4n) is 4.34. The van der Waals surface area contributed by atoms with Crippen LogP contribution < -0.4 is 10.5 Å². The van der Waals surface area contributed by atoms with Crippen LogP contribution in [0.2, 0.25) is 0 Å². The number of benzene rings is 2. The van der Waals surface area contributed by atoms with Gasteiger partial charge in [-0.15, -0.1) is 5.17 Å². The fraction of sp³-hybridized carbons (Fsp3) is 0.370. The van der Waals surface area contributed by atoms with E-state index in [4.69, 9.17) is 10.5 Å². The number of hydroxylamine groups is 1. The van der Waals surface area contributed by atoms with Crippen LogP contribution in [0, 0.1) is 12.8 Å². The smallest absolute Gasteiger partial charge is 0.267 e. The molecule has 8 heteroatoms. The predicted octanol–water partition coefficient (Wildman–Crippen LogP) is 4.08. The molecule has 1 aliphatic heterocycles. The number of rotatable bonds is 8. The molecule has 8 nitrogen and oxygen atoms in total. The van der Waals surface area contributed by atoms with Crippen molar-refractivity contribution >= 4 is 22.7 Å². The Kier molecular flexibility index (Phi) is 7.05. The van der Waals surface area contributed by atoms with Crippen LogP contribution in [-0.4, -0.2) is 38.7 Å². The van der Waals surface area contributed by atoms with Gasteiger partial charge in [0, 0.05) is 29.6 Å². The molecule has 0 spiro atoms. The van der Waals surface area contributed by atoms with Crippen LogP contribution in [-0.2, 0) is 21.7 Å². The minimum absolute atomic E-state index is 0.159. The summed E-state index contributed by atoms with van der Waals surface area (Å²) >= 11 is 0. The van der Waals surface area contributed by atoms with Gasteiger partial charge in [-0.25, -0.2) is 5.01 Å². The fourth-order valence-corrected chi connectivity index (χ4v) is 4.34. The van der Waals surface area contributed by atoms with E-state index in [1.54, 1.807) is 24.3 Å². The normalized spacial score (nSPS) is 17.9. The van der Waals surface area contributed by atoms with Gasteiger partial charge in [-0.1, -0.05) is 44.2 Å². The maximum Gasteiger partial charge on any atom is 0.267 e. The standard InChI is InChI=1S/C27H32N4O4/c1-18(2)8-13-25(32)31(34)30-15-14-27(28,26(30)33)21-9-11-22(12-10-21)35-17-20-16-19(3)29-24-7-5-4-6-23(20)24/h4-7,9-12,16,18,34H,8,13-15,17,28H2,1-3H3/t27-/m1/s1. The largest absolute Gasteiger partial charge is 0.489 e. The topological polar surface area (TPSA) is 109 Å². The number of fused-ring (bicyclic) bond motifs is 1. The first-order valence-corrected chi connectivity index (χ1v) is 11.9. The van der Waals surface area contributed by atoms with Crippen LogP contribution in [0.5, 0.6) is 5.75 Å². The molecule has 1 fully saturated rings. The Hall–Kier alpha value is -3.49. The summed E-state index contributed by atoms with van der Waals surface area (Å²) in [5.41, 5.74) is 8.65. The molecule has 0 unspecified atom stereocenters. The van der Waals surface area contributed by atoms with Crippen LogP contribution in [0.1, 0.15) is 49.9 Å². The van der Waals surface area contributed by atoms with Crippen LogP contribution >= 0.6 is 0 Å². The van der Waals surface area contributed by atoms with Gasteiger partial charge in [0.1, 0.15) is 17.9 Å². The molecule has 0 radical (unpaired) electrons. The zero-order valence-corrected chi connectivity index (χ0v) is 20.4. The van der Waals surface area contributed by atoms with E-state index in [2.05, 4.69) is 4.98 Å². The first-order chi connectivity index (χ1) is 16.7. The number of carbonyl (C=O) groups is 2. The summed E-state index contributed by atoms with van der Waals surface area (Å²) in [4.78, 5) is 29.9. The second-order valence-corrected chi connectivity index (χ2v) is 9.52. The number of pyridine rings is 1. The monoisotopic (exact) mass is 476 g/mol. The molecule has 0 bridgehead atoms. The molecule has 1 aromatic heterocycles. The average Bonchev–Trinajstić information content (AvgIpc) is 3.15. The van der Waals surface area contributed by atoms with E-state index >= 15 is 0 Å². The third kappa shape index (κ3) is 5.13. The van der Waals surface area contributed by atoms with Crippen molar-refractivity contribution in [3.05, 3.63) is 71.4 Å². The number of para-hydroxylation sites is 1. The summed E-state index contributed by atoms with van der Waals surface area (Å²) in [5.74, 6) is -0.0627. The molecule has 2 amide bonds. The zero-order chi connectivity index (χ0) is 25.2. The van der Waals surface area contributed by atoms with Crippen molar-refractivity contribution in [2.75, 3.05) is 6.54 Å². The Bertz CT molecular complexity index is 1230. The molecular formula is C27H32N4O4. The lowest BCUT2D eigenvalue weighted by molar-refractivity contribution is -0.232. The lowest BCUT2D eigenvalue weighted by atomic mass is 9.89. The van der Waals surface area contributed by atoms with E-state index in [-0.39, 0.29) is 19.4 Å². The lowest BCUT2D eigenvalue weighted by Gasteiger charge is -2.28. The van der Waals surface area contributed by atoms with Gasteiger partial charge in [0.25, 0.3) is 11.8 Å². The summed E-state index contributed by atoms with van der Waals surface area (Å²) < 4.78 is 6.01. The Morgan fingerprint density at radius 2 is 1.94 bits per heavy atom. The van der Waals surface area contributed by atoms with Gasteiger partial charge in [0.2, 0.25) is 0 Å². The van der Waals surface area contributed by atoms with Gasteiger partial charge in [0.15, 0.2) is 0 Å². The molecular weight excluding hydrogens is 444 g/mol. The second kappa shape index (κ2) is 10.0. The summed E-state index contributed by atoms with van der Waals surface area (Å²) in [6, 6.07) is 17.0. The number of aryl methyl sites for hydroxylation is 1. The molecule has 184 valence electrons. The first kappa shape index (κ1) is 24.6. The molecule has 0 saturated carbocycles. The van der Waals surface area contributed by atoms with Crippen LogP contribution in [0.4, 0.5) is 0 Å². The van der Waals surface area contributed by atoms with Gasteiger partial charge >= 0.3 is 0 Å². The molecule has 35 heavy (non-hydrogen) atoms. The molecule has 0 aliphatic carbocycles. The molecule has 1 atom stereocenters. The highest BCUT2D eigenvalue weighted by atomic mass is 16.6. The highest BCUT2D eigenvalue weighted by Crippen LogP contribution is 2.33. The van der Waals surface area contributed by atoms with Gasteiger partial charge in [-0.3, -0.25) is 19.8 Å². The van der Waals surface area contributed by atoms with Crippen molar-refractivity contribution < 1.29 is 19.5 Å². The Morgan fingerprint density at radius 3 is 2.66 bits per heavy atom. The molecule has 2 heterocycles. The Balaban J connectivity index is 1.43. The number of carbonyl (C=O) groups excluding carboxylic acids is 2. The number of ether oxygens (including phenoxy) is 1. The SMILES string of the molecule is Cc1cc(COc2ccc([C@]3(N)CCN(N(O)C(=O)CCC(C)C)C3=O)cc2)c2ccccc2n1. The van der Waals surface area contributed by atoms with E-state index in [1.165, 1.54) is 0 Å². The Labute approximate surface area is 205 Å². The molecule has 2 aromatic carbocycles. The van der Waals surface area contributed by atoms with Crippen molar-refractivity contribution in [1.82, 2.24) is 15.2 Å².